The molecule has 1 N–H and O–H groups in total. The first-order valence-corrected chi connectivity index (χ1v) is 5.03. The summed E-state index contributed by atoms with van der Waals surface area (Å²) in [4.78, 5) is 0. The Morgan fingerprint density at radius 1 is 1.46 bits per heavy atom. The lowest BCUT2D eigenvalue weighted by molar-refractivity contribution is 0.280. The molecule has 1 aromatic rings. The van der Waals surface area contributed by atoms with E-state index in [0.717, 1.165) is 11.5 Å². The van der Waals surface area contributed by atoms with Crippen LogP contribution in [0.3, 0.4) is 0 Å². The Morgan fingerprint density at radius 3 is 2.62 bits per heavy atom. The van der Waals surface area contributed by atoms with Crippen LogP contribution in [0.25, 0.3) is 0 Å². The van der Waals surface area contributed by atoms with Crippen molar-refractivity contribution in [3.8, 4) is 0 Å². The standard InChI is InChI=1S/C11H17NO/c1-8(2)12-5-10(7-13)11(6-12)9-3-4-9/h5-6,8-9,13H,3-4,7H2,1-2H3. The van der Waals surface area contributed by atoms with Gasteiger partial charge in [-0.05, 0) is 43.7 Å². The first-order chi connectivity index (χ1) is 6.22. The van der Waals surface area contributed by atoms with Crippen LogP contribution in [0.4, 0.5) is 0 Å². The molecule has 2 nitrogen and oxygen atoms in total. The molecule has 1 aliphatic rings. The molecular weight excluding hydrogens is 162 g/mol. The maximum absolute atomic E-state index is 9.18. The predicted molar refractivity (Wildman–Crippen MR) is 52.7 cm³/mol. The first-order valence-electron chi connectivity index (χ1n) is 5.03. The molecule has 0 saturated heterocycles. The Morgan fingerprint density at radius 2 is 2.15 bits per heavy atom. The van der Waals surface area contributed by atoms with Gasteiger partial charge in [-0.15, -0.1) is 0 Å². The molecule has 2 heteroatoms. The van der Waals surface area contributed by atoms with E-state index in [-0.39, 0.29) is 6.61 Å². The summed E-state index contributed by atoms with van der Waals surface area (Å²) >= 11 is 0. The van der Waals surface area contributed by atoms with Crippen LogP contribution >= 0.6 is 0 Å². The van der Waals surface area contributed by atoms with Gasteiger partial charge in [-0.1, -0.05) is 0 Å². The smallest absolute Gasteiger partial charge is 0.0699 e. The SMILES string of the molecule is CC(C)n1cc(CO)c(C2CC2)c1. The summed E-state index contributed by atoms with van der Waals surface area (Å²) in [6.07, 6.45) is 6.89. The summed E-state index contributed by atoms with van der Waals surface area (Å²) in [6, 6.07) is 0.498. The number of aliphatic hydroxyl groups is 1. The number of rotatable bonds is 3. The first kappa shape index (κ1) is 8.82. The summed E-state index contributed by atoms with van der Waals surface area (Å²) in [5.41, 5.74) is 2.49. The fraction of sp³-hybridized carbons (Fsp3) is 0.636. The fourth-order valence-corrected chi connectivity index (χ4v) is 1.73. The Kier molecular flexibility index (Phi) is 2.16. The summed E-state index contributed by atoms with van der Waals surface area (Å²) in [5.74, 6) is 0.738. The molecule has 13 heavy (non-hydrogen) atoms. The van der Waals surface area contributed by atoms with Crippen molar-refractivity contribution in [3.63, 3.8) is 0 Å². The molecule has 2 rings (SSSR count). The van der Waals surface area contributed by atoms with E-state index in [2.05, 4.69) is 30.8 Å². The van der Waals surface area contributed by atoms with Crippen molar-refractivity contribution < 1.29 is 5.11 Å². The average molecular weight is 179 g/mol. The lowest BCUT2D eigenvalue weighted by Gasteiger charge is -2.05. The minimum absolute atomic E-state index is 0.186. The third kappa shape index (κ3) is 1.63. The van der Waals surface area contributed by atoms with Crippen LogP contribution in [0.1, 0.15) is 49.8 Å². The van der Waals surface area contributed by atoms with Crippen molar-refractivity contribution in [1.29, 1.82) is 0 Å². The van der Waals surface area contributed by atoms with Crippen LogP contribution in [-0.4, -0.2) is 9.67 Å². The van der Waals surface area contributed by atoms with Gasteiger partial charge < -0.3 is 9.67 Å². The maximum atomic E-state index is 9.18. The van der Waals surface area contributed by atoms with E-state index >= 15 is 0 Å². The molecule has 1 aliphatic carbocycles. The molecule has 1 fully saturated rings. The minimum Gasteiger partial charge on any atom is -0.392 e. The van der Waals surface area contributed by atoms with E-state index in [4.69, 9.17) is 0 Å². The molecule has 0 atom stereocenters. The highest BCUT2D eigenvalue weighted by Gasteiger charge is 2.27. The van der Waals surface area contributed by atoms with Crippen molar-refractivity contribution in [2.24, 2.45) is 0 Å². The van der Waals surface area contributed by atoms with Gasteiger partial charge in [0.1, 0.15) is 0 Å². The van der Waals surface area contributed by atoms with Crippen LogP contribution in [0, 0.1) is 0 Å². The second-order valence-corrected chi connectivity index (χ2v) is 4.21. The van der Waals surface area contributed by atoms with E-state index in [1.54, 1.807) is 0 Å². The Bertz CT molecular complexity index is 297. The summed E-state index contributed by atoms with van der Waals surface area (Å²) in [6.45, 7) is 4.52. The minimum atomic E-state index is 0.186. The van der Waals surface area contributed by atoms with Crippen molar-refractivity contribution in [2.45, 2.75) is 45.3 Å². The van der Waals surface area contributed by atoms with E-state index in [0.29, 0.717) is 6.04 Å². The van der Waals surface area contributed by atoms with Gasteiger partial charge in [-0.25, -0.2) is 0 Å². The maximum Gasteiger partial charge on any atom is 0.0699 e. The van der Waals surface area contributed by atoms with Gasteiger partial charge in [0.2, 0.25) is 0 Å². The Balaban J connectivity index is 2.31. The van der Waals surface area contributed by atoms with Crippen molar-refractivity contribution in [3.05, 3.63) is 23.5 Å². The Hall–Kier alpha value is -0.760. The van der Waals surface area contributed by atoms with Crippen molar-refractivity contribution >= 4 is 0 Å². The van der Waals surface area contributed by atoms with Crippen molar-refractivity contribution in [2.75, 3.05) is 0 Å². The fourth-order valence-electron chi connectivity index (χ4n) is 1.73. The third-order valence-corrected chi connectivity index (χ3v) is 2.75. The van der Waals surface area contributed by atoms with Crippen LogP contribution < -0.4 is 0 Å². The zero-order valence-corrected chi connectivity index (χ0v) is 8.33. The number of aliphatic hydroxyl groups excluding tert-OH is 1. The molecule has 0 spiro atoms. The highest BCUT2D eigenvalue weighted by Crippen LogP contribution is 2.42. The van der Waals surface area contributed by atoms with Crippen molar-refractivity contribution in [1.82, 2.24) is 4.57 Å². The molecule has 1 saturated carbocycles. The third-order valence-electron chi connectivity index (χ3n) is 2.75. The normalized spacial score (nSPS) is 16.9. The second-order valence-electron chi connectivity index (χ2n) is 4.21. The molecule has 0 aliphatic heterocycles. The topological polar surface area (TPSA) is 25.2 Å². The summed E-state index contributed by atoms with van der Waals surface area (Å²) in [5, 5.41) is 9.18. The molecule has 0 aromatic carbocycles. The molecule has 0 radical (unpaired) electrons. The lowest BCUT2D eigenvalue weighted by atomic mass is 10.1. The van der Waals surface area contributed by atoms with Gasteiger partial charge in [0.15, 0.2) is 0 Å². The monoisotopic (exact) mass is 179 g/mol. The highest BCUT2D eigenvalue weighted by molar-refractivity contribution is 5.31. The predicted octanol–water partition coefficient (Wildman–Crippen LogP) is 2.44. The average Bonchev–Trinajstić information content (AvgIpc) is 2.84. The zero-order valence-electron chi connectivity index (χ0n) is 8.33. The largest absolute Gasteiger partial charge is 0.392 e. The Labute approximate surface area is 79.2 Å². The number of aromatic nitrogens is 1. The van der Waals surface area contributed by atoms with Gasteiger partial charge in [0.25, 0.3) is 0 Å². The van der Waals surface area contributed by atoms with Crippen LogP contribution in [0.5, 0.6) is 0 Å². The highest BCUT2D eigenvalue weighted by atomic mass is 16.3. The van der Waals surface area contributed by atoms with Gasteiger partial charge in [0, 0.05) is 18.4 Å². The summed E-state index contributed by atoms with van der Waals surface area (Å²) in [7, 11) is 0. The number of hydrogen-bond acceptors (Lipinski definition) is 1. The van der Waals surface area contributed by atoms with Gasteiger partial charge in [-0.3, -0.25) is 0 Å². The second kappa shape index (κ2) is 3.18. The summed E-state index contributed by atoms with van der Waals surface area (Å²) < 4.78 is 2.19. The van der Waals surface area contributed by atoms with Gasteiger partial charge in [0.05, 0.1) is 6.61 Å². The number of hydrogen-bond donors (Lipinski definition) is 1. The molecule has 0 amide bonds. The molecule has 0 unspecified atom stereocenters. The van der Waals surface area contributed by atoms with E-state index in [9.17, 15) is 5.11 Å². The molecular formula is C11H17NO. The van der Waals surface area contributed by atoms with E-state index in [1.807, 2.05) is 0 Å². The van der Waals surface area contributed by atoms with Gasteiger partial charge >= 0.3 is 0 Å². The number of nitrogens with zero attached hydrogens (tertiary/aromatic N) is 1. The van der Waals surface area contributed by atoms with Crippen LogP contribution in [-0.2, 0) is 6.61 Å². The molecule has 0 bridgehead atoms. The zero-order chi connectivity index (χ0) is 9.42. The lowest BCUT2D eigenvalue weighted by Crippen LogP contribution is -1.95. The molecule has 72 valence electrons. The quantitative estimate of drug-likeness (QED) is 0.757. The van der Waals surface area contributed by atoms with E-state index < -0.39 is 0 Å². The van der Waals surface area contributed by atoms with E-state index in [1.165, 1.54) is 18.4 Å². The van der Waals surface area contributed by atoms with Crippen LogP contribution in [0.15, 0.2) is 12.4 Å². The van der Waals surface area contributed by atoms with Gasteiger partial charge in [-0.2, -0.15) is 0 Å². The molecule has 1 heterocycles. The van der Waals surface area contributed by atoms with Crippen LogP contribution in [0.2, 0.25) is 0 Å². The molecule has 1 aromatic heterocycles.